The van der Waals surface area contributed by atoms with Gasteiger partial charge in [-0.3, -0.25) is 0 Å². The number of aromatic hydroxyl groups is 1. The number of rotatable bonds is 4. The van der Waals surface area contributed by atoms with Gasteiger partial charge < -0.3 is 21.3 Å². The van der Waals surface area contributed by atoms with E-state index in [1.165, 1.54) is 12.5 Å². The van der Waals surface area contributed by atoms with Crippen LogP contribution in [0.4, 0.5) is 27.8 Å². The number of phenolic OH excluding ortho intramolecular Hbond substituents is 1. The highest BCUT2D eigenvalue weighted by atomic mass is 19.4. The maximum atomic E-state index is 14.3. The molecule has 0 aliphatic heterocycles. The molecule has 0 saturated heterocycles. The SMILES string of the molecule is Nc1cc2c(CNC3CCC3)c(F)cc(CO)c2cn1.Oc1ccc(F)c(C(F)(F)F)c1. The van der Waals surface area contributed by atoms with Gasteiger partial charge in [-0.25, -0.2) is 13.8 Å². The van der Waals surface area contributed by atoms with Crippen LogP contribution in [0.15, 0.2) is 36.5 Å². The highest BCUT2D eigenvalue weighted by Gasteiger charge is 2.34. The van der Waals surface area contributed by atoms with Gasteiger partial charge in [-0.05, 0) is 54.1 Å². The fourth-order valence-corrected chi connectivity index (χ4v) is 3.32. The molecule has 10 heteroatoms. The first-order valence-electron chi connectivity index (χ1n) is 9.85. The van der Waals surface area contributed by atoms with Gasteiger partial charge in [0.25, 0.3) is 0 Å². The van der Waals surface area contributed by atoms with E-state index < -0.39 is 23.3 Å². The van der Waals surface area contributed by atoms with Crippen LogP contribution in [-0.2, 0) is 19.3 Å². The number of aromatic nitrogens is 1. The van der Waals surface area contributed by atoms with Gasteiger partial charge in [0.05, 0.1) is 12.2 Å². The molecule has 0 radical (unpaired) electrons. The summed E-state index contributed by atoms with van der Waals surface area (Å²) in [6, 6.07) is 5.31. The van der Waals surface area contributed by atoms with E-state index >= 15 is 0 Å². The Bertz CT molecular complexity index is 1100. The zero-order valence-electron chi connectivity index (χ0n) is 16.9. The lowest BCUT2D eigenvalue weighted by atomic mass is 9.92. The second-order valence-corrected chi connectivity index (χ2v) is 7.48. The van der Waals surface area contributed by atoms with Crippen molar-refractivity contribution in [2.75, 3.05) is 5.73 Å². The Labute approximate surface area is 180 Å². The molecule has 4 rings (SSSR count). The fraction of sp³-hybridized carbons (Fsp3) is 0.318. The molecule has 0 bridgehead atoms. The van der Waals surface area contributed by atoms with Gasteiger partial charge >= 0.3 is 6.18 Å². The standard InChI is InChI=1S/C15H18FN3O.C7H4F4O/c16-14-4-9(8-20)12-6-19-15(17)5-11(12)13(14)7-18-10-2-1-3-10;8-6-2-1-4(12)3-5(6)7(9,10)11/h4-6,10,18,20H,1-3,7-8H2,(H2,17,19);1-3,12H. The summed E-state index contributed by atoms with van der Waals surface area (Å²) in [5.41, 5.74) is 5.39. The van der Waals surface area contributed by atoms with Crippen LogP contribution in [0.3, 0.4) is 0 Å². The van der Waals surface area contributed by atoms with Crippen LogP contribution in [0.2, 0.25) is 0 Å². The summed E-state index contributed by atoms with van der Waals surface area (Å²) in [7, 11) is 0. The lowest BCUT2D eigenvalue weighted by Crippen LogP contribution is -2.34. The number of hydrogen-bond acceptors (Lipinski definition) is 5. The van der Waals surface area contributed by atoms with Gasteiger partial charge in [-0.1, -0.05) is 6.42 Å². The number of nitrogens with two attached hydrogens (primary N) is 1. The second-order valence-electron chi connectivity index (χ2n) is 7.48. The monoisotopic (exact) mass is 455 g/mol. The maximum Gasteiger partial charge on any atom is 0.419 e. The minimum absolute atomic E-state index is 0.213. The molecular formula is C22H22F5N3O2. The Balaban J connectivity index is 0.000000207. The van der Waals surface area contributed by atoms with Crippen molar-refractivity contribution < 1.29 is 32.2 Å². The summed E-state index contributed by atoms with van der Waals surface area (Å²) in [5.74, 6) is -1.94. The predicted octanol–water partition coefficient (Wildman–Crippen LogP) is 4.64. The summed E-state index contributed by atoms with van der Waals surface area (Å²) >= 11 is 0. The Morgan fingerprint density at radius 2 is 1.78 bits per heavy atom. The number of nitrogens with one attached hydrogen (secondary N) is 1. The molecule has 0 amide bonds. The number of pyridine rings is 1. The number of hydrogen-bond donors (Lipinski definition) is 4. The molecule has 172 valence electrons. The number of nitrogen functional groups attached to an aromatic ring is 1. The first kappa shape index (κ1) is 23.7. The molecule has 1 heterocycles. The normalized spacial score (nSPS) is 14.1. The summed E-state index contributed by atoms with van der Waals surface area (Å²) in [6.45, 7) is 0.261. The lowest BCUT2D eigenvalue weighted by molar-refractivity contribution is -0.140. The molecule has 1 aliphatic carbocycles. The number of phenols is 1. The van der Waals surface area contributed by atoms with Crippen LogP contribution in [-0.4, -0.2) is 21.2 Å². The average molecular weight is 455 g/mol. The van der Waals surface area contributed by atoms with Crippen molar-refractivity contribution in [1.82, 2.24) is 10.3 Å². The third-order valence-electron chi connectivity index (χ3n) is 5.28. The van der Waals surface area contributed by atoms with Crippen molar-refractivity contribution in [3.63, 3.8) is 0 Å². The highest BCUT2D eigenvalue weighted by molar-refractivity contribution is 5.89. The molecule has 32 heavy (non-hydrogen) atoms. The number of benzene rings is 2. The van der Waals surface area contributed by atoms with E-state index in [1.54, 1.807) is 12.3 Å². The van der Waals surface area contributed by atoms with E-state index in [2.05, 4.69) is 10.3 Å². The lowest BCUT2D eigenvalue weighted by Gasteiger charge is -2.27. The zero-order valence-corrected chi connectivity index (χ0v) is 16.9. The van der Waals surface area contributed by atoms with Crippen molar-refractivity contribution in [3.8, 4) is 5.75 Å². The molecule has 2 aromatic carbocycles. The van der Waals surface area contributed by atoms with Crippen LogP contribution in [0.1, 0.15) is 36.0 Å². The quantitative estimate of drug-likeness (QED) is 0.431. The minimum atomic E-state index is -4.76. The van der Waals surface area contributed by atoms with E-state index in [-0.39, 0.29) is 12.4 Å². The van der Waals surface area contributed by atoms with Crippen LogP contribution in [0.5, 0.6) is 5.75 Å². The first-order valence-corrected chi connectivity index (χ1v) is 9.85. The van der Waals surface area contributed by atoms with E-state index in [0.29, 0.717) is 41.7 Å². The molecule has 0 unspecified atom stereocenters. The Morgan fingerprint density at radius 3 is 2.34 bits per heavy atom. The number of halogens is 5. The summed E-state index contributed by atoms with van der Waals surface area (Å²) in [6.07, 6.45) is 0.377. The van der Waals surface area contributed by atoms with E-state index in [9.17, 15) is 27.1 Å². The molecule has 5 N–H and O–H groups in total. The van der Waals surface area contributed by atoms with Crippen LogP contribution >= 0.6 is 0 Å². The molecule has 0 spiro atoms. The van der Waals surface area contributed by atoms with Gasteiger partial charge in [-0.2, -0.15) is 13.2 Å². The number of fused-ring (bicyclic) bond motifs is 1. The molecule has 1 aromatic heterocycles. The van der Waals surface area contributed by atoms with Gasteiger partial charge in [0.15, 0.2) is 0 Å². The number of anilines is 1. The highest BCUT2D eigenvalue weighted by Crippen LogP contribution is 2.33. The van der Waals surface area contributed by atoms with E-state index in [4.69, 9.17) is 10.8 Å². The average Bonchev–Trinajstić information content (AvgIpc) is 2.69. The van der Waals surface area contributed by atoms with Crippen LogP contribution in [0.25, 0.3) is 10.8 Å². The molecule has 5 nitrogen and oxygen atoms in total. The van der Waals surface area contributed by atoms with Crippen LogP contribution < -0.4 is 11.1 Å². The number of alkyl halides is 3. The van der Waals surface area contributed by atoms with Crippen molar-refractivity contribution in [1.29, 1.82) is 0 Å². The topological polar surface area (TPSA) is 91.4 Å². The summed E-state index contributed by atoms with van der Waals surface area (Å²) in [4.78, 5) is 4.03. The Hall–Kier alpha value is -2.98. The van der Waals surface area contributed by atoms with Gasteiger partial charge in [-0.15, -0.1) is 0 Å². The third kappa shape index (κ3) is 5.43. The van der Waals surface area contributed by atoms with Crippen LogP contribution in [0, 0.1) is 11.6 Å². The molecule has 3 aromatic rings. The van der Waals surface area contributed by atoms with Gasteiger partial charge in [0.2, 0.25) is 0 Å². The number of nitrogens with zero attached hydrogens (tertiary/aromatic N) is 1. The van der Waals surface area contributed by atoms with Crippen molar-refractivity contribution in [2.24, 2.45) is 0 Å². The third-order valence-corrected chi connectivity index (χ3v) is 5.28. The molecular weight excluding hydrogens is 433 g/mol. The van der Waals surface area contributed by atoms with Gasteiger partial charge in [0.1, 0.15) is 23.2 Å². The minimum Gasteiger partial charge on any atom is -0.508 e. The Kier molecular flexibility index (Phi) is 7.15. The first-order chi connectivity index (χ1) is 15.1. The smallest absolute Gasteiger partial charge is 0.419 e. The zero-order chi connectivity index (χ0) is 23.5. The Morgan fingerprint density at radius 1 is 1.06 bits per heavy atom. The number of aliphatic hydroxyl groups excluding tert-OH is 1. The maximum absolute atomic E-state index is 14.3. The second kappa shape index (κ2) is 9.66. The van der Waals surface area contributed by atoms with Gasteiger partial charge in [0, 0.05) is 29.7 Å². The number of aliphatic hydroxyl groups is 1. The molecule has 1 fully saturated rings. The van der Waals surface area contributed by atoms with E-state index in [1.807, 2.05) is 0 Å². The van der Waals surface area contributed by atoms with Crippen molar-refractivity contribution in [3.05, 3.63) is 64.9 Å². The predicted molar refractivity (Wildman–Crippen MR) is 110 cm³/mol. The van der Waals surface area contributed by atoms with Crippen molar-refractivity contribution >= 4 is 16.6 Å². The van der Waals surface area contributed by atoms with Crippen molar-refractivity contribution in [2.45, 2.75) is 44.6 Å². The molecule has 1 saturated carbocycles. The van der Waals surface area contributed by atoms with E-state index in [0.717, 1.165) is 29.7 Å². The summed E-state index contributed by atoms with van der Waals surface area (Å²) in [5, 5.41) is 22.8. The fourth-order valence-electron chi connectivity index (χ4n) is 3.32. The molecule has 0 atom stereocenters. The molecule has 1 aliphatic rings. The largest absolute Gasteiger partial charge is 0.508 e. The summed E-state index contributed by atoms with van der Waals surface area (Å²) < 4.78 is 62.3.